The van der Waals surface area contributed by atoms with Crippen molar-refractivity contribution in [2.24, 2.45) is 0 Å². The molecule has 106 valence electrons. The van der Waals surface area contributed by atoms with Gasteiger partial charge in [-0.3, -0.25) is 0 Å². The smallest absolute Gasteiger partial charge is 0.163 e. The Balaban J connectivity index is 2.33. The number of rotatable bonds is 1. The van der Waals surface area contributed by atoms with Crippen LogP contribution in [0.25, 0.3) is 22.3 Å². The van der Waals surface area contributed by atoms with E-state index in [9.17, 15) is 0 Å². The Labute approximate surface area is 145 Å². The maximum absolute atomic E-state index is 6.32. The predicted octanol–water partition coefficient (Wildman–Crippen LogP) is 6.33. The second kappa shape index (κ2) is 5.73. The lowest BCUT2D eigenvalue weighted by Gasteiger charge is -2.09. The molecule has 21 heavy (non-hydrogen) atoms. The summed E-state index contributed by atoms with van der Waals surface area (Å²) in [6.45, 7) is 1.98. The van der Waals surface area contributed by atoms with Gasteiger partial charge in [-0.2, -0.15) is 0 Å². The van der Waals surface area contributed by atoms with E-state index in [0.717, 1.165) is 20.9 Å². The van der Waals surface area contributed by atoms with Crippen molar-refractivity contribution in [3.63, 3.8) is 0 Å². The van der Waals surface area contributed by atoms with Crippen molar-refractivity contribution in [2.75, 3.05) is 0 Å². The molecule has 0 unspecified atom stereocenters. The quantitative estimate of drug-likeness (QED) is 0.445. The van der Waals surface area contributed by atoms with Crippen LogP contribution in [0.15, 0.2) is 34.8 Å². The Hall–Kier alpha value is -0.870. The van der Waals surface area contributed by atoms with Crippen molar-refractivity contribution in [2.45, 2.75) is 6.92 Å². The van der Waals surface area contributed by atoms with E-state index >= 15 is 0 Å². The highest BCUT2D eigenvalue weighted by atomic mass is 79.9. The second-order valence-corrected chi connectivity index (χ2v) is 6.61. The topological polar surface area (TPSA) is 25.8 Å². The fraction of sp³-hybridized carbons (Fsp3) is 0.0667. The van der Waals surface area contributed by atoms with Crippen molar-refractivity contribution < 1.29 is 0 Å². The summed E-state index contributed by atoms with van der Waals surface area (Å²) >= 11 is 21.9. The van der Waals surface area contributed by atoms with E-state index in [1.54, 1.807) is 18.2 Å². The summed E-state index contributed by atoms with van der Waals surface area (Å²) in [5, 5.41) is 2.24. The van der Waals surface area contributed by atoms with E-state index in [-0.39, 0.29) is 0 Å². The second-order valence-electron chi connectivity index (χ2n) is 4.55. The highest BCUT2D eigenvalue weighted by molar-refractivity contribution is 9.10. The summed E-state index contributed by atoms with van der Waals surface area (Å²) in [7, 11) is 0. The average Bonchev–Trinajstić information content (AvgIpc) is 2.42. The molecule has 0 N–H and O–H groups in total. The minimum absolute atomic E-state index is 0.386. The molecule has 0 saturated carbocycles. The van der Waals surface area contributed by atoms with E-state index in [4.69, 9.17) is 34.8 Å². The SMILES string of the molecule is Cc1ccc(Br)c2c(Cl)nc(-c3ccc(Cl)cc3Cl)nc12. The molecule has 0 spiro atoms. The van der Waals surface area contributed by atoms with E-state index in [1.807, 2.05) is 19.1 Å². The molecule has 0 atom stereocenters. The van der Waals surface area contributed by atoms with Crippen molar-refractivity contribution in [3.05, 3.63) is 55.6 Å². The van der Waals surface area contributed by atoms with Crippen LogP contribution in [0.1, 0.15) is 5.56 Å². The Bertz CT molecular complexity index is 865. The summed E-state index contributed by atoms with van der Waals surface area (Å²) in [6.07, 6.45) is 0. The normalized spacial score (nSPS) is 11.1. The van der Waals surface area contributed by atoms with Crippen LogP contribution in [0.3, 0.4) is 0 Å². The first-order valence-electron chi connectivity index (χ1n) is 6.05. The number of hydrogen-bond donors (Lipinski definition) is 0. The molecule has 0 bridgehead atoms. The summed E-state index contributed by atoms with van der Waals surface area (Å²) in [4.78, 5) is 8.96. The molecule has 0 fully saturated rings. The molecular formula is C15H8BrCl3N2. The Morgan fingerprint density at radius 3 is 2.48 bits per heavy atom. The summed E-state index contributed by atoms with van der Waals surface area (Å²) in [6, 6.07) is 9.10. The van der Waals surface area contributed by atoms with Crippen LogP contribution in [-0.4, -0.2) is 9.97 Å². The van der Waals surface area contributed by atoms with Crippen molar-refractivity contribution in [3.8, 4) is 11.4 Å². The highest BCUT2D eigenvalue weighted by Gasteiger charge is 2.14. The minimum atomic E-state index is 0.386. The van der Waals surface area contributed by atoms with E-state index in [0.29, 0.717) is 26.6 Å². The first-order chi connectivity index (χ1) is 9.97. The lowest BCUT2D eigenvalue weighted by atomic mass is 10.1. The van der Waals surface area contributed by atoms with Crippen molar-refractivity contribution in [1.29, 1.82) is 0 Å². The number of fused-ring (bicyclic) bond motifs is 1. The van der Waals surface area contributed by atoms with Crippen LogP contribution >= 0.6 is 50.7 Å². The summed E-state index contributed by atoms with van der Waals surface area (Å²) < 4.78 is 0.863. The number of nitrogens with zero attached hydrogens (tertiary/aromatic N) is 2. The number of benzene rings is 2. The minimum Gasteiger partial charge on any atom is -0.228 e. The van der Waals surface area contributed by atoms with Gasteiger partial charge in [-0.05, 0) is 52.7 Å². The van der Waals surface area contributed by atoms with Gasteiger partial charge < -0.3 is 0 Å². The molecular weight excluding hydrogens is 394 g/mol. The molecule has 6 heteroatoms. The first kappa shape index (κ1) is 15.0. The van der Waals surface area contributed by atoms with E-state index in [1.165, 1.54) is 0 Å². The van der Waals surface area contributed by atoms with Crippen LogP contribution < -0.4 is 0 Å². The lowest BCUT2D eigenvalue weighted by molar-refractivity contribution is 1.21. The van der Waals surface area contributed by atoms with Crippen LogP contribution in [0, 0.1) is 6.92 Å². The molecule has 0 saturated heterocycles. The molecule has 0 radical (unpaired) electrons. The zero-order valence-corrected chi connectivity index (χ0v) is 14.6. The molecule has 0 aliphatic rings. The lowest BCUT2D eigenvalue weighted by Crippen LogP contribution is -1.95. The molecule has 0 aliphatic carbocycles. The van der Waals surface area contributed by atoms with Gasteiger partial charge in [-0.25, -0.2) is 9.97 Å². The van der Waals surface area contributed by atoms with Crippen molar-refractivity contribution >= 4 is 61.6 Å². The Kier molecular flexibility index (Phi) is 4.10. The van der Waals surface area contributed by atoms with Gasteiger partial charge in [-0.15, -0.1) is 0 Å². The zero-order chi connectivity index (χ0) is 15.1. The highest BCUT2D eigenvalue weighted by Crippen LogP contribution is 2.34. The molecule has 0 amide bonds. The van der Waals surface area contributed by atoms with E-state index < -0.39 is 0 Å². The number of hydrogen-bond acceptors (Lipinski definition) is 2. The van der Waals surface area contributed by atoms with Gasteiger partial charge in [0.1, 0.15) is 5.15 Å². The third-order valence-electron chi connectivity index (χ3n) is 3.13. The summed E-state index contributed by atoms with van der Waals surface area (Å²) in [5.74, 6) is 0.482. The van der Waals surface area contributed by atoms with Crippen LogP contribution in [0.4, 0.5) is 0 Å². The average molecular weight is 403 g/mol. The molecule has 2 aromatic carbocycles. The molecule has 1 aromatic heterocycles. The summed E-state index contributed by atoms with van der Waals surface area (Å²) in [5.41, 5.74) is 2.51. The molecule has 3 rings (SSSR count). The fourth-order valence-corrected chi connectivity index (χ4v) is 3.47. The fourth-order valence-electron chi connectivity index (χ4n) is 2.08. The van der Waals surface area contributed by atoms with Gasteiger partial charge in [0.2, 0.25) is 0 Å². The standard InChI is InChI=1S/C15H8BrCl3N2/c1-7-2-5-10(16)12-13(7)20-15(21-14(12)19)9-4-3-8(17)6-11(9)18/h2-6H,1H3. The van der Waals surface area contributed by atoms with Crippen LogP contribution in [0.2, 0.25) is 15.2 Å². The number of halogens is 4. The molecule has 0 aliphatic heterocycles. The van der Waals surface area contributed by atoms with Gasteiger partial charge in [0.25, 0.3) is 0 Å². The van der Waals surface area contributed by atoms with Crippen LogP contribution in [-0.2, 0) is 0 Å². The van der Waals surface area contributed by atoms with Gasteiger partial charge >= 0.3 is 0 Å². The zero-order valence-electron chi connectivity index (χ0n) is 10.8. The maximum atomic E-state index is 6.32. The molecule has 1 heterocycles. The Morgan fingerprint density at radius 2 is 1.76 bits per heavy atom. The van der Waals surface area contributed by atoms with Gasteiger partial charge in [0.05, 0.1) is 15.9 Å². The monoisotopic (exact) mass is 400 g/mol. The number of aromatic nitrogens is 2. The first-order valence-corrected chi connectivity index (χ1v) is 7.98. The van der Waals surface area contributed by atoms with Crippen molar-refractivity contribution in [1.82, 2.24) is 9.97 Å². The number of aryl methyl sites for hydroxylation is 1. The third kappa shape index (κ3) is 2.76. The largest absolute Gasteiger partial charge is 0.228 e. The van der Waals surface area contributed by atoms with Crippen LogP contribution in [0.5, 0.6) is 0 Å². The third-order valence-corrected chi connectivity index (χ3v) is 4.61. The van der Waals surface area contributed by atoms with Gasteiger partial charge in [-0.1, -0.05) is 40.9 Å². The maximum Gasteiger partial charge on any atom is 0.163 e. The van der Waals surface area contributed by atoms with E-state index in [2.05, 4.69) is 25.9 Å². The predicted molar refractivity (Wildman–Crippen MR) is 92.4 cm³/mol. The van der Waals surface area contributed by atoms with Gasteiger partial charge in [0, 0.05) is 15.1 Å². The molecule has 3 aromatic rings. The molecule has 2 nitrogen and oxygen atoms in total. The Morgan fingerprint density at radius 1 is 1.00 bits per heavy atom. The van der Waals surface area contributed by atoms with Gasteiger partial charge in [0.15, 0.2) is 5.82 Å².